The number of halogens is 3. The topological polar surface area (TPSA) is 69.9 Å². The first kappa shape index (κ1) is 20.3. The van der Waals surface area contributed by atoms with Crippen molar-refractivity contribution in [2.45, 2.75) is 6.36 Å². The number of fused-ring (bicyclic) bond motifs is 1. The molecule has 4 aromatic rings. The Labute approximate surface area is 175 Å². The molecule has 0 spiro atoms. The van der Waals surface area contributed by atoms with Gasteiger partial charge in [0, 0.05) is 35.8 Å². The summed E-state index contributed by atoms with van der Waals surface area (Å²) in [7, 11) is 3.08. The highest BCUT2D eigenvalue weighted by Gasteiger charge is 2.31. The van der Waals surface area contributed by atoms with Crippen molar-refractivity contribution in [3.63, 3.8) is 0 Å². The Morgan fingerprint density at radius 1 is 0.968 bits per heavy atom. The van der Waals surface area contributed by atoms with Crippen LogP contribution < -0.4 is 19.5 Å². The third-order valence-corrected chi connectivity index (χ3v) is 4.39. The smallest absolute Gasteiger partial charge is 0.493 e. The van der Waals surface area contributed by atoms with Crippen LogP contribution in [0.1, 0.15) is 0 Å². The predicted octanol–water partition coefficient (Wildman–Crippen LogP) is 5.06. The summed E-state index contributed by atoms with van der Waals surface area (Å²) in [6.45, 7) is 0. The van der Waals surface area contributed by atoms with Crippen LogP contribution in [0.2, 0.25) is 0 Å². The maximum Gasteiger partial charge on any atom is 0.573 e. The lowest BCUT2D eigenvalue weighted by Crippen LogP contribution is -2.17. The van der Waals surface area contributed by atoms with Crippen LogP contribution in [0.4, 0.5) is 24.8 Å². The molecule has 2 aromatic heterocycles. The van der Waals surface area contributed by atoms with E-state index in [1.54, 1.807) is 48.2 Å². The van der Waals surface area contributed by atoms with Gasteiger partial charge < -0.3 is 19.5 Å². The fourth-order valence-electron chi connectivity index (χ4n) is 3.06. The zero-order valence-electron chi connectivity index (χ0n) is 16.5. The summed E-state index contributed by atoms with van der Waals surface area (Å²) >= 11 is 0. The fourth-order valence-corrected chi connectivity index (χ4v) is 3.06. The Kier molecular flexibility index (Phi) is 5.28. The first-order chi connectivity index (χ1) is 14.9. The molecule has 0 atom stereocenters. The third-order valence-electron chi connectivity index (χ3n) is 4.39. The molecule has 4 rings (SSSR count). The van der Waals surface area contributed by atoms with Gasteiger partial charge in [-0.05, 0) is 30.3 Å². The molecule has 10 heteroatoms. The zero-order chi connectivity index (χ0) is 22.0. The van der Waals surface area contributed by atoms with Crippen molar-refractivity contribution in [2.75, 3.05) is 19.5 Å². The van der Waals surface area contributed by atoms with Gasteiger partial charge >= 0.3 is 6.36 Å². The van der Waals surface area contributed by atoms with E-state index >= 15 is 0 Å². The molecular weight excluding hydrogens is 413 g/mol. The Morgan fingerprint density at radius 2 is 1.77 bits per heavy atom. The second-order valence-electron chi connectivity index (χ2n) is 6.39. The summed E-state index contributed by atoms with van der Waals surface area (Å²) in [5.41, 5.74) is 2.31. The van der Waals surface area contributed by atoms with E-state index in [1.165, 1.54) is 25.3 Å². The maximum atomic E-state index is 12.5. The van der Waals surface area contributed by atoms with E-state index in [0.29, 0.717) is 34.5 Å². The number of nitrogens with one attached hydrogen (secondary N) is 1. The number of methoxy groups -OCH3 is 2. The number of ether oxygens (including phenoxy) is 3. The minimum atomic E-state index is -4.78. The Hall–Kier alpha value is -3.95. The third kappa shape index (κ3) is 4.47. The molecule has 0 saturated carbocycles. The molecule has 31 heavy (non-hydrogen) atoms. The van der Waals surface area contributed by atoms with Crippen LogP contribution in [0, 0.1) is 0 Å². The number of rotatable bonds is 6. The van der Waals surface area contributed by atoms with Gasteiger partial charge in [0.15, 0.2) is 11.5 Å². The van der Waals surface area contributed by atoms with Gasteiger partial charge in [-0.25, -0.2) is 9.97 Å². The predicted molar refractivity (Wildman–Crippen MR) is 108 cm³/mol. The largest absolute Gasteiger partial charge is 0.573 e. The van der Waals surface area contributed by atoms with Crippen molar-refractivity contribution < 1.29 is 27.4 Å². The number of alkyl halides is 3. The standard InChI is InChI=1S/C21H17F3N4O3/c1-29-17-7-6-13(10-18(17)30-2)16-12-19-25-8-9-28(19)20(27-16)26-14-4-3-5-15(11-14)31-21(22,23)24/h3-12H,1-2H3,(H,26,27). The van der Waals surface area contributed by atoms with Gasteiger partial charge in [0.1, 0.15) is 11.4 Å². The molecule has 0 saturated heterocycles. The fraction of sp³-hybridized carbons (Fsp3) is 0.143. The van der Waals surface area contributed by atoms with E-state index in [1.807, 2.05) is 6.07 Å². The molecule has 0 bridgehead atoms. The normalized spacial score (nSPS) is 11.4. The van der Waals surface area contributed by atoms with Gasteiger partial charge in [-0.3, -0.25) is 4.40 Å². The van der Waals surface area contributed by atoms with Gasteiger partial charge in [0.2, 0.25) is 5.95 Å². The number of imidazole rings is 1. The molecule has 0 fully saturated rings. The summed E-state index contributed by atoms with van der Waals surface area (Å²) in [4.78, 5) is 8.93. The first-order valence-electron chi connectivity index (χ1n) is 9.05. The highest BCUT2D eigenvalue weighted by molar-refractivity contribution is 5.70. The molecule has 0 aliphatic rings. The van der Waals surface area contributed by atoms with Crippen LogP contribution >= 0.6 is 0 Å². The molecule has 2 aromatic carbocycles. The van der Waals surface area contributed by atoms with E-state index in [4.69, 9.17) is 9.47 Å². The van der Waals surface area contributed by atoms with Crippen LogP contribution in [-0.4, -0.2) is 35.0 Å². The quantitative estimate of drug-likeness (QED) is 0.461. The lowest BCUT2D eigenvalue weighted by molar-refractivity contribution is -0.274. The van der Waals surface area contributed by atoms with Crippen molar-refractivity contribution in [2.24, 2.45) is 0 Å². The SMILES string of the molecule is COc1ccc(-c2cc3nccn3c(Nc3cccc(OC(F)(F)F)c3)n2)cc1OC. The molecule has 0 aliphatic heterocycles. The van der Waals surface area contributed by atoms with Crippen molar-refractivity contribution in [3.8, 4) is 28.5 Å². The second kappa shape index (κ2) is 8.05. The van der Waals surface area contributed by atoms with Gasteiger partial charge in [-0.1, -0.05) is 6.07 Å². The molecule has 2 heterocycles. The average molecular weight is 430 g/mol. The van der Waals surface area contributed by atoms with Gasteiger partial charge in [-0.2, -0.15) is 0 Å². The maximum absolute atomic E-state index is 12.5. The van der Waals surface area contributed by atoms with E-state index in [0.717, 1.165) is 5.56 Å². The summed E-state index contributed by atoms with van der Waals surface area (Å²) in [5, 5.41) is 3.03. The van der Waals surface area contributed by atoms with Crippen LogP contribution in [0.3, 0.4) is 0 Å². The molecule has 0 unspecified atom stereocenters. The summed E-state index contributed by atoms with van der Waals surface area (Å²) in [6, 6.07) is 12.7. The van der Waals surface area contributed by atoms with Crippen LogP contribution in [0.25, 0.3) is 16.9 Å². The van der Waals surface area contributed by atoms with Crippen molar-refractivity contribution in [1.29, 1.82) is 0 Å². The van der Waals surface area contributed by atoms with E-state index in [2.05, 4.69) is 20.0 Å². The molecule has 0 aliphatic carbocycles. The van der Waals surface area contributed by atoms with E-state index in [-0.39, 0.29) is 5.75 Å². The van der Waals surface area contributed by atoms with Gasteiger partial charge in [-0.15, -0.1) is 13.2 Å². The summed E-state index contributed by atoms with van der Waals surface area (Å²) in [6.07, 6.45) is -1.48. The number of hydrogen-bond donors (Lipinski definition) is 1. The molecule has 160 valence electrons. The highest BCUT2D eigenvalue weighted by Crippen LogP contribution is 2.33. The zero-order valence-corrected chi connectivity index (χ0v) is 16.5. The Balaban J connectivity index is 1.73. The number of hydrogen-bond acceptors (Lipinski definition) is 6. The minimum absolute atomic E-state index is 0.338. The number of benzene rings is 2. The molecular formula is C21H17F3N4O3. The molecule has 0 radical (unpaired) electrons. The van der Waals surface area contributed by atoms with Crippen LogP contribution in [0.5, 0.6) is 17.2 Å². The Morgan fingerprint density at radius 3 is 2.52 bits per heavy atom. The van der Waals surface area contributed by atoms with E-state index < -0.39 is 6.36 Å². The highest BCUT2D eigenvalue weighted by atomic mass is 19.4. The number of anilines is 2. The lowest BCUT2D eigenvalue weighted by Gasteiger charge is -2.13. The van der Waals surface area contributed by atoms with Crippen LogP contribution in [0.15, 0.2) is 60.9 Å². The number of aromatic nitrogens is 3. The summed E-state index contributed by atoms with van der Waals surface area (Å²) < 4.78 is 53.9. The Bertz CT molecular complexity index is 1220. The number of nitrogens with zero attached hydrogens (tertiary/aromatic N) is 3. The van der Waals surface area contributed by atoms with Crippen molar-refractivity contribution >= 4 is 17.3 Å². The van der Waals surface area contributed by atoms with Crippen molar-refractivity contribution in [1.82, 2.24) is 14.4 Å². The van der Waals surface area contributed by atoms with E-state index in [9.17, 15) is 13.2 Å². The first-order valence-corrected chi connectivity index (χ1v) is 9.05. The minimum Gasteiger partial charge on any atom is -0.493 e. The van der Waals surface area contributed by atoms with Crippen molar-refractivity contribution in [3.05, 3.63) is 60.9 Å². The van der Waals surface area contributed by atoms with Gasteiger partial charge in [0.25, 0.3) is 0 Å². The van der Waals surface area contributed by atoms with Crippen LogP contribution in [-0.2, 0) is 0 Å². The molecule has 0 amide bonds. The second-order valence-corrected chi connectivity index (χ2v) is 6.39. The summed E-state index contributed by atoms with van der Waals surface area (Å²) in [5.74, 6) is 1.14. The monoisotopic (exact) mass is 430 g/mol. The molecule has 7 nitrogen and oxygen atoms in total. The lowest BCUT2D eigenvalue weighted by atomic mass is 10.1. The molecule has 1 N–H and O–H groups in total. The van der Waals surface area contributed by atoms with Gasteiger partial charge in [0.05, 0.1) is 19.9 Å². The average Bonchev–Trinajstić information content (AvgIpc) is 3.21.